The lowest BCUT2D eigenvalue weighted by atomic mass is 9.88. The molecule has 0 saturated carbocycles. The van der Waals surface area contributed by atoms with E-state index in [4.69, 9.17) is 4.98 Å². The Morgan fingerprint density at radius 3 is 2.81 bits per heavy atom. The molecule has 27 heavy (non-hydrogen) atoms. The molecule has 0 aliphatic heterocycles. The van der Waals surface area contributed by atoms with Gasteiger partial charge in [0.2, 0.25) is 5.91 Å². The molecule has 4 nitrogen and oxygen atoms in total. The number of carbonyl (C=O) groups is 1. The van der Waals surface area contributed by atoms with Crippen molar-refractivity contribution in [2.45, 2.75) is 52.9 Å². The Bertz CT molecular complexity index is 1020. The van der Waals surface area contributed by atoms with E-state index in [0.29, 0.717) is 5.92 Å². The van der Waals surface area contributed by atoms with Crippen LogP contribution in [0.15, 0.2) is 36.5 Å². The Balaban J connectivity index is 1.60. The summed E-state index contributed by atoms with van der Waals surface area (Å²) >= 11 is 0. The third-order valence-electron chi connectivity index (χ3n) is 5.66. The van der Waals surface area contributed by atoms with Crippen LogP contribution in [0.3, 0.4) is 0 Å². The number of amides is 1. The first kappa shape index (κ1) is 17.8. The Hall–Kier alpha value is -2.62. The molecule has 1 aliphatic rings. The minimum absolute atomic E-state index is 0.0162. The number of pyridine rings is 1. The van der Waals surface area contributed by atoms with Crippen molar-refractivity contribution in [3.63, 3.8) is 0 Å². The lowest BCUT2D eigenvalue weighted by Crippen LogP contribution is -2.29. The molecular weight excluding hydrogens is 334 g/mol. The van der Waals surface area contributed by atoms with Gasteiger partial charge in [0, 0.05) is 29.9 Å². The van der Waals surface area contributed by atoms with Crippen LogP contribution in [0, 0.1) is 19.8 Å². The van der Waals surface area contributed by atoms with Crippen LogP contribution < -0.4 is 5.32 Å². The molecule has 140 valence electrons. The summed E-state index contributed by atoms with van der Waals surface area (Å²) < 4.78 is 2.16. The fourth-order valence-corrected chi connectivity index (χ4v) is 4.10. The van der Waals surface area contributed by atoms with E-state index in [0.717, 1.165) is 41.9 Å². The molecule has 1 unspecified atom stereocenters. The molecule has 4 heteroatoms. The van der Waals surface area contributed by atoms with Crippen LogP contribution in [-0.4, -0.2) is 15.3 Å². The van der Waals surface area contributed by atoms with Gasteiger partial charge in [0.05, 0.1) is 5.69 Å². The Labute approximate surface area is 160 Å². The molecule has 0 fully saturated rings. The molecule has 0 bridgehead atoms. The summed E-state index contributed by atoms with van der Waals surface area (Å²) in [5.74, 6) is 0.483. The number of nitrogens with one attached hydrogen (secondary N) is 1. The topological polar surface area (TPSA) is 46.4 Å². The Morgan fingerprint density at radius 2 is 2.04 bits per heavy atom. The first-order valence-electron chi connectivity index (χ1n) is 9.81. The maximum Gasteiger partial charge on any atom is 0.227 e. The van der Waals surface area contributed by atoms with E-state index in [1.165, 1.54) is 16.8 Å². The van der Waals surface area contributed by atoms with Gasteiger partial charge in [0.25, 0.3) is 0 Å². The average Bonchev–Trinajstić information content (AvgIpc) is 3.00. The molecule has 1 N–H and O–H groups in total. The largest absolute Gasteiger partial charge is 0.325 e. The lowest BCUT2D eigenvalue weighted by molar-refractivity contribution is -0.120. The van der Waals surface area contributed by atoms with E-state index >= 15 is 0 Å². The van der Waals surface area contributed by atoms with Gasteiger partial charge in [-0.25, -0.2) is 4.98 Å². The summed E-state index contributed by atoms with van der Waals surface area (Å²) in [5.41, 5.74) is 7.82. The number of fused-ring (bicyclic) bond motifs is 3. The van der Waals surface area contributed by atoms with E-state index in [9.17, 15) is 4.79 Å². The van der Waals surface area contributed by atoms with Crippen LogP contribution in [0.1, 0.15) is 54.3 Å². The predicted molar refractivity (Wildman–Crippen MR) is 109 cm³/mol. The van der Waals surface area contributed by atoms with Crippen molar-refractivity contribution < 1.29 is 4.79 Å². The molecule has 3 aromatic rings. The minimum Gasteiger partial charge on any atom is -0.325 e. The number of benzene rings is 1. The predicted octanol–water partition coefficient (Wildman–Crippen LogP) is 4.82. The normalized spacial score (nSPS) is 16.6. The molecule has 4 rings (SSSR count). The number of imidazole rings is 1. The lowest BCUT2D eigenvalue weighted by Gasteiger charge is -2.23. The molecule has 2 heterocycles. The second-order valence-corrected chi connectivity index (χ2v) is 8.06. The third-order valence-corrected chi connectivity index (χ3v) is 5.66. The van der Waals surface area contributed by atoms with Gasteiger partial charge in [-0.2, -0.15) is 0 Å². The van der Waals surface area contributed by atoms with Crippen LogP contribution in [-0.2, 0) is 17.6 Å². The van der Waals surface area contributed by atoms with Crippen molar-refractivity contribution in [3.8, 4) is 0 Å². The highest BCUT2D eigenvalue weighted by Crippen LogP contribution is 2.31. The number of nitrogens with zero attached hydrogens (tertiary/aromatic N) is 2. The molecule has 0 saturated heterocycles. The van der Waals surface area contributed by atoms with Gasteiger partial charge in [-0.05, 0) is 55.4 Å². The van der Waals surface area contributed by atoms with Gasteiger partial charge in [0.15, 0.2) is 0 Å². The van der Waals surface area contributed by atoms with Crippen molar-refractivity contribution in [1.82, 2.24) is 9.38 Å². The zero-order valence-electron chi connectivity index (χ0n) is 16.5. The third kappa shape index (κ3) is 3.25. The molecule has 1 aromatic carbocycles. The second-order valence-electron chi connectivity index (χ2n) is 8.06. The maximum absolute atomic E-state index is 13.1. The molecule has 1 amide bonds. The van der Waals surface area contributed by atoms with E-state index in [1.807, 2.05) is 0 Å². The zero-order chi connectivity index (χ0) is 19.1. The summed E-state index contributed by atoms with van der Waals surface area (Å²) in [4.78, 5) is 17.8. The molecule has 0 radical (unpaired) electrons. The fraction of sp³-hybridized carbons (Fsp3) is 0.391. The first-order valence-corrected chi connectivity index (χ1v) is 9.81. The monoisotopic (exact) mass is 361 g/mol. The quantitative estimate of drug-likeness (QED) is 0.727. The molecule has 1 aliphatic carbocycles. The average molecular weight is 361 g/mol. The van der Waals surface area contributed by atoms with Crippen LogP contribution in [0.5, 0.6) is 0 Å². The summed E-state index contributed by atoms with van der Waals surface area (Å²) in [7, 11) is 0. The SMILES string of the molecule is Cc1ccc2nc3c(n2c1)CC(C(=O)Nc1c(C)cccc1C(C)C)CC3. The number of hydrogen-bond acceptors (Lipinski definition) is 2. The molecular formula is C23H27N3O. The summed E-state index contributed by atoms with van der Waals surface area (Å²) in [6.45, 7) is 8.48. The van der Waals surface area contributed by atoms with Crippen molar-refractivity contribution in [3.05, 3.63) is 64.6 Å². The number of carbonyl (C=O) groups excluding carboxylic acids is 1. The number of rotatable bonds is 3. The van der Waals surface area contributed by atoms with Crippen molar-refractivity contribution in [1.29, 1.82) is 0 Å². The highest BCUT2D eigenvalue weighted by atomic mass is 16.1. The summed E-state index contributed by atoms with van der Waals surface area (Å²) in [6, 6.07) is 10.4. The molecule has 0 spiro atoms. The van der Waals surface area contributed by atoms with Gasteiger partial charge in [-0.15, -0.1) is 0 Å². The van der Waals surface area contributed by atoms with Gasteiger partial charge in [0.1, 0.15) is 5.65 Å². The number of hydrogen-bond donors (Lipinski definition) is 1. The van der Waals surface area contributed by atoms with Crippen molar-refractivity contribution in [2.24, 2.45) is 5.92 Å². The summed E-state index contributed by atoms with van der Waals surface area (Å²) in [5, 5.41) is 3.24. The van der Waals surface area contributed by atoms with Gasteiger partial charge < -0.3 is 9.72 Å². The Morgan fingerprint density at radius 1 is 1.22 bits per heavy atom. The fourth-order valence-electron chi connectivity index (χ4n) is 4.10. The van der Waals surface area contributed by atoms with Crippen LogP contribution >= 0.6 is 0 Å². The number of aromatic nitrogens is 2. The Kier molecular flexibility index (Phi) is 4.50. The van der Waals surface area contributed by atoms with E-state index in [2.05, 4.69) is 73.9 Å². The second kappa shape index (κ2) is 6.84. The van der Waals surface area contributed by atoms with Crippen molar-refractivity contribution in [2.75, 3.05) is 5.32 Å². The van der Waals surface area contributed by atoms with Gasteiger partial charge >= 0.3 is 0 Å². The van der Waals surface area contributed by atoms with Crippen LogP contribution in [0.25, 0.3) is 5.65 Å². The van der Waals surface area contributed by atoms with Gasteiger partial charge in [-0.1, -0.05) is 38.1 Å². The highest BCUT2D eigenvalue weighted by Gasteiger charge is 2.28. The van der Waals surface area contributed by atoms with Crippen LogP contribution in [0.2, 0.25) is 0 Å². The van der Waals surface area contributed by atoms with E-state index in [-0.39, 0.29) is 11.8 Å². The smallest absolute Gasteiger partial charge is 0.227 e. The minimum atomic E-state index is -0.0162. The molecule has 2 aromatic heterocycles. The number of anilines is 1. The standard InChI is InChI=1S/C23H27N3O/c1-14(2)18-7-5-6-16(4)22(18)25-23(27)17-9-10-19-20(12-17)26-13-15(3)8-11-21(26)24-19/h5-8,11,13-14,17H,9-10,12H2,1-4H3,(H,25,27). The van der Waals surface area contributed by atoms with Crippen LogP contribution in [0.4, 0.5) is 5.69 Å². The summed E-state index contributed by atoms with van der Waals surface area (Å²) in [6.07, 6.45) is 4.58. The zero-order valence-corrected chi connectivity index (χ0v) is 16.5. The maximum atomic E-state index is 13.1. The number of aryl methyl sites for hydroxylation is 3. The first-order chi connectivity index (χ1) is 12.9. The van der Waals surface area contributed by atoms with E-state index in [1.54, 1.807) is 0 Å². The molecule has 1 atom stereocenters. The number of para-hydroxylation sites is 1. The van der Waals surface area contributed by atoms with Crippen molar-refractivity contribution >= 4 is 17.2 Å². The van der Waals surface area contributed by atoms with E-state index < -0.39 is 0 Å². The highest BCUT2D eigenvalue weighted by molar-refractivity contribution is 5.94. The van der Waals surface area contributed by atoms with Gasteiger partial charge in [-0.3, -0.25) is 4.79 Å².